The van der Waals surface area contributed by atoms with Crippen LogP contribution in [0.15, 0.2) is 12.7 Å². The zero-order chi connectivity index (χ0) is 12.0. The summed E-state index contributed by atoms with van der Waals surface area (Å²) in [6, 6.07) is -0.317. The van der Waals surface area contributed by atoms with Gasteiger partial charge in [0, 0.05) is 6.54 Å². The molecule has 0 radical (unpaired) electrons. The Morgan fingerprint density at radius 3 is 2.50 bits per heavy atom. The molecule has 0 aromatic rings. The molecular weight excluding hydrogens is 208 g/mol. The Balaban J connectivity index is 2.53. The second-order valence-electron chi connectivity index (χ2n) is 4.18. The monoisotopic (exact) mass is 226 g/mol. The molecule has 1 fully saturated rings. The molecule has 1 saturated carbocycles. The highest BCUT2D eigenvalue weighted by molar-refractivity contribution is 5.77. The van der Waals surface area contributed by atoms with E-state index in [0.29, 0.717) is 6.54 Å². The number of hydrogen-bond acceptors (Lipinski definition) is 2. The van der Waals surface area contributed by atoms with Crippen LogP contribution in [-0.4, -0.2) is 29.2 Å². The molecule has 0 heterocycles. The maximum Gasteiger partial charge on any atom is 0.315 e. The summed E-state index contributed by atoms with van der Waals surface area (Å²) >= 11 is 0. The normalized spacial score (nSPS) is 17.8. The molecule has 1 rings (SSSR count). The van der Waals surface area contributed by atoms with Crippen LogP contribution in [0.2, 0.25) is 0 Å². The first-order chi connectivity index (χ1) is 7.58. The zero-order valence-corrected chi connectivity index (χ0v) is 9.29. The number of hydrogen-bond donors (Lipinski definition) is 3. The van der Waals surface area contributed by atoms with E-state index in [4.69, 9.17) is 5.11 Å². The van der Waals surface area contributed by atoms with Crippen molar-refractivity contribution in [1.82, 2.24) is 10.6 Å². The summed E-state index contributed by atoms with van der Waals surface area (Å²) in [5, 5.41) is 14.2. The van der Waals surface area contributed by atoms with E-state index >= 15 is 0 Å². The fourth-order valence-corrected chi connectivity index (χ4v) is 2.14. The number of carbonyl (C=O) groups is 2. The van der Waals surface area contributed by atoms with E-state index in [9.17, 15) is 9.59 Å². The molecule has 5 nitrogen and oxygen atoms in total. The molecule has 16 heavy (non-hydrogen) atoms. The van der Waals surface area contributed by atoms with Gasteiger partial charge in [-0.3, -0.25) is 4.79 Å². The molecule has 90 valence electrons. The van der Waals surface area contributed by atoms with Gasteiger partial charge in [-0.05, 0) is 12.8 Å². The van der Waals surface area contributed by atoms with Gasteiger partial charge in [0.05, 0.1) is 12.0 Å². The SMILES string of the molecule is C=CCNC(=O)NC1(CC(=O)O)CCCC1. The molecule has 0 atom stereocenters. The van der Waals surface area contributed by atoms with Gasteiger partial charge in [0.15, 0.2) is 0 Å². The average Bonchev–Trinajstić information content (AvgIpc) is 2.62. The lowest BCUT2D eigenvalue weighted by Crippen LogP contribution is -2.51. The highest BCUT2D eigenvalue weighted by Gasteiger charge is 2.37. The minimum Gasteiger partial charge on any atom is -0.481 e. The van der Waals surface area contributed by atoms with E-state index < -0.39 is 11.5 Å². The number of amides is 2. The number of rotatable bonds is 5. The topological polar surface area (TPSA) is 78.4 Å². The first kappa shape index (κ1) is 12.5. The molecule has 0 spiro atoms. The van der Waals surface area contributed by atoms with Gasteiger partial charge in [0.2, 0.25) is 0 Å². The van der Waals surface area contributed by atoms with E-state index in [-0.39, 0.29) is 12.5 Å². The van der Waals surface area contributed by atoms with Crippen LogP contribution >= 0.6 is 0 Å². The number of carbonyl (C=O) groups excluding carboxylic acids is 1. The van der Waals surface area contributed by atoms with Crippen molar-refractivity contribution < 1.29 is 14.7 Å². The summed E-state index contributed by atoms with van der Waals surface area (Å²) in [6.45, 7) is 3.88. The molecule has 0 aliphatic heterocycles. The van der Waals surface area contributed by atoms with E-state index in [1.165, 1.54) is 0 Å². The van der Waals surface area contributed by atoms with Crippen LogP contribution < -0.4 is 10.6 Å². The second kappa shape index (κ2) is 5.53. The van der Waals surface area contributed by atoms with Gasteiger partial charge in [-0.15, -0.1) is 6.58 Å². The Hall–Kier alpha value is -1.52. The molecular formula is C11H18N2O3. The minimum absolute atomic E-state index is 0.00545. The summed E-state index contributed by atoms with van der Waals surface area (Å²) in [6.07, 6.45) is 4.98. The van der Waals surface area contributed by atoms with Gasteiger partial charge >= 0.3 is 12.0 Å². The van der Waals surface area contributed by atoms with Crippen LogP contribution in [0.4, 0.5) is 4.79 Å². The van der Waals surface area contributed by atoms with Gasteiger partial charge < -0.3 is 15.7 Å². The number of nitrogens with one attached hydrogen (secondary N) is 2. The van der Waals surface area contributed by atoms with E-state index in [2.05, 4.69) is 17.2 Å². The average molecular weight is 226 g/mol. The van der Waals surface area contributed by atoms with Crippen molar-refractivity contribution in [3.05, 3.63) is 12.7 Å². The summed E-state index contributed by atoms with van der Waals surface area (Å²) < 4.78 is 0. The Kier molecular flexibility index (Phi) is 4.34. The van der Waals surface area contributed by atoms with E-state index in [0.717, 1.165) is 25.7 Å². The van der Waals surface area contributed by atoms with Crippen molar-refractivity contribution in [2.45, 2.75) is 37.6 Å². The number of aliphatic carboxylic acids is 1. The fourth-order valence-electron chi connectivity index (χ4n) is 2.14. The van der Waals surface area contributed by atoms with Crippen LogP contribution in [0.5, 0.6) is 0 Å². The molecule has 3 N–H and O–H groups in total. The third-order valence-corrected chi connectivity index (χ3v) is 2.84. The molecule has 0 bridgehead atoms. The van der Waals surface area contributed by atoms with Crippen LogP contribution in [0.25, 0.3) is 0 Å². The third-order valence-electron chi connectivity index (χ3n) is 2.84. The van der Waals surface area contributed by atoms with Gasteiger partial charge in [-0.25, -0.2) is 4.79 Å². The summed E-state index contributed by atoms with van der Waals surface area (Å²) in [5.74, 6) is -0.870. The van der Waals surface area contributed by atoms with E-state index in [1.54, 1.807) is 6.08 Å². The smallest absolute Gasteiger partial charge is 0.315 e. The van der Waals surface area contributed by atoms with Gasteiger partial charge in [0.25, 0.3) is 0 Å². The Morgan fingerprint density at radius 2 is 2.00 bits per heavy atom. The van der Waals surface area contributed by atoms with Gasteiger partial charge in [-0.2, -0.15) is 0 Å². The van der Waals surface area contributed by atoms with Crippen LogP contribution in [0, 0.1) is 0 Å². The predicted molar refractivity (Wildman–Crippen MR) is 60.2 cm³/mol. The molecule has 1 aliphatic rings. The second-order valence-corrected chi connectivity index (χ2v) is 4.18. The molecule has 1 aliphatic carbocycles. The summed E-state index contributed by atoms with van der Waals surface area (Å²) in [7, 11) is 0. The molecule has 0 saturated heterocycles. The largest absolute Gasteiger partial charge is 0.481 e. The van der Waals surface area contributed by atoms with Crippen LogP contribution in [0.1, 0.15) is 32.1 Å². The fraction of sp³-hybridized carbons (Fsp3) is 0.636. The predicted octanol–water partition coefficient (Wildman–Crippen LogP) is 1.26. The van der Waals surface area contributed by atoms with Crippen LogP contribution in [-0.2, 0) is 4.79 Å². The van der Waals surface area contributed by atoms with Crippen molar-refractivity contribution in [3.8, 4) is 0 Å². The van der Waals surface area contributed by atoms with Crippen molar-refractivity contribution in [2.75, 3.05) is 6.54 Å². The first-order valence-corrected chi connectivity index (χ1v) is 5.47. The molecule has 0 aromatic heterocycles. The molecule has 2 amide bonds. The quantitative estimate of drug-likeness (QED) is 0.617. The summed E-state index contributed by atoms with van der Waals surface area (Å²) in [4.78, 5) is 22.2. The summed E-state index contributed by atoms with van der Waals surface area (Å²) in [5.41, 5.74) is -0.558. The lowest BCUT2D eigenvalue weighted by Gasteiger charge is -2.28. The Labute approximate surface area is 94.9 Å². The number of carboxylic acids is 1. The molecule has 0 aromatic carbocycles. The maximum absolute atomic E-state index is 11.5. The Morgan fingerprint density at radius 1 is 1.38 bits per heavy atom. The highest BCUT2D eigenvalue weighted by atomic mass is 16.4. The number of urea groups is 1. The lowest BCUT2D eigenvalue weighted by molar-refractivity contribution is -0.138. The van der Waals surface area contributed by atoms with Crippen molar-refractivity contribution >= 4 is 12.0 Å². The Bertz CT molecular complexity index is 283. The minimum atomic E-state index is -0.870. The number of carboxylic acid groups (broad SMARTS) is 1. The van der Waals surface area contributed by atoms with Gasteiger partial charge in [-0.1, -0.05) is 18.9 Å². The van der Waals surface area contributed by atoms with E-state index in [1.807, 2.05) is 0 Å². The zero-order valence-electron chi connectivity index (χ0n) is 9.29. The third kappa shape index (κ3) is 3.56. The van der Waals surface area contributed by atoms with Crippen LogP contribution in [0.3, 0.4) is 0 Å². The van der Waals surface area contributed by atoms with Gasteiger partial charge in [0.1, 0.15) is 0 Å². The first-order valence-electron chi connectivity index (χ1n) is 5.47. The standard InChI is InChI=1S/C11H18N2O3/c1-2-7-12-10(16)13-11(8-9(14)15)5-3-4-6-11/h2H,1,3-8H2,(H,14,15)(H2,12,13,16). The van der Waals surface area contributed by atoms with Crippen molar-refractivity contribution in [3.63, 3.8) is 0 Å². The molecule has 0 unspecified atom stereocenters. The van der Waals surface area contributed by atoms with Crippen molar-refractivity contribution in [1.29, 1.82) is 0 Å². The van der Waals surface area contributed by atoms with Crippen molar-refractivity contribution in [2.24, 2.45) is 0 Å². The highest BCUT2D eigenvalue weighted by Crippen LogP contribution is 2.32. The molecule has 5 heteroatoms. The maximum atomic E-state index is 11.5. The lowest BCUT2D eigenvalue weighted by atomic mass is 9.93.